The zero-order valence-electron chi connectivity index (χ0n) is 9.52. The quantitative estimate of drug-likeness (QED) is 0.794. The topological polar surface area (TPSA) is 80.5 Å². The van der Waals surface area contributed by atoms with E-state index in [9.17, 15) is 0 Å². The normalized spacial score (nSPS) is 34.4. The second-order valence-corrected chi connectivity index (χ2v) is 5.40. The number of hydrogen-bond acceptors (Lipinski definition) is 4. The van der Waals surface area contributed by atoms with Crippen molar-refractivity contribution in [3.05, 3.63) is 5.82 Å². The minimum atomic E-state index is 0.0755. The summed E-state index contributed by atoms with van der Waals surface area (Å²) in [6, 6.07) is 0. The van der Waals surface area contributed by atoms with Crippen molar-refractivity contribution in [3.8, 4) is 0 Å². The summed E-state index contributed by atoms with van der Waals surface area (Å²) < 4.78 is 0. The number of nitrogens with two attached hydrogens (primary N) is 1. The number of nitrogens with zero attached hydrogens (tertiary/aromatic N) is 3. The number of rotatable bonds is 4. The molecule has 5 nitrogen and oxygen atoms in total. The predicted octanol–water partition coefficient (Wildman–Crippen LogP) is 0.996. The van der Waals surface area contributed by atoms with E-state index in [0.717, 1.165) is 18.2 Å². The Morgan fingerprint density at radius 3 is 2.81 bits per heavy atom. The van der Waals surface area contributed by atoms with Gasteiger partial charge in [-0.15, -0.1) is 5.10 Å². The lowest BCUT2D eigenvalue weighted by molar-refractivity contribution is 0.432. The summed E-state index contributed by atoms with van der Waals surface area (Å²) in [5.74, 6) is 2.53. The highest BCUT2D eigenvalue weighted by molar-refractivity contribution is 5.22. The average Bonchev–Trinajstić information content (AvgIpc) is 2.79. The van der Waals surface area contributed by atoms with Crippen molar-refractivity contribution in [1.82, 2.24) is 20.6 Å². The summed E-state index contributed by atoms with van der Waals surface area (Å²) >= 11 is 0. The maximum atomic E-state index is 5.91. The second-order valence-electron chi connectivity index (χ2n) is 5.40. The Bertz CT molecular complexity index is 343. The molecule has 88 valence electrons. The summed E-state index contributed by atoms with van der Waals surface area (Å²) in [4.78, 5) is 0. The highest BCUT2D eigenvalue weighted by Crippen LogP contribution is 2.56. The fourth-order valence-electron chi connectivity index (χ4n) is 3.34. The minimum absolute atomic E-state index is 0.0755. The van der Waals surface area contributed by atoms with Crippen LogP contribution < -0.4 is 5.73 Å². The number of H-pyrrole nitrogens is 1. The lowest BCUT2D eigenvalue weighted by Crippen LogP contribution is -2.24. The van der Waals surface area contributed by atoms with Crippen LogP contribution >= 0.6 is 0 Å². The van der Waals surface area contributed by atoms with Crippen LogP contribution in [0, 0.1) is 11.8 Å². The van der Waals surface area contributed by atoms with E-state index in [-0.39, 0.29) is 5.41 Å². The Kier molecular flexibility index (Phi) is 2.42. The Labute approximate surface area is 95.2 Å². The van der Waals surface area contributed by atoms with Crippen LogP contribution in [-0.2, 0) is 5.41 Å². The molecule has 16 heavy (non-hydrogen) atoms. The first-order valence-corrected chi connectivity index (χ1v) is 6.29. The first-order chi connectivity index (χ1) is 7.85. The molecule has 2 aliphatic rings. The third-order valence-electron chi connectivity index (χ3n) is 4.51. The van der Waals surface area contributed by atoms with E-state index < -0.39 is 0 Å². The van der Waals surface area contributed by atoms with Gasteiger partial charge in [0.15, 0.2) is 5.82 Å². The van der Waals surface area contributed by atoms with E-state index in [1.54, 1.807) is 0 Å². The molecular weight excluding hydrogens is 202 g/mol. The molecule has 0 aromatic carbocycles. The summed E-state index contributed by atoms with van der Waals surface area (Å²) in [5.41, 5.74) is 5.98. The molecule has 0 spiro atoms. The average molecular weight is 221 g/mol. The van der Waals surface area contributed by atoms with Crippen molar-refractivity contribution in [2.75, 3.05) is 6.54 Å². The van der Waals surface area contributed by atoms with E-state index in [1.807, 2.05) is 0 Å². The molecule has 1 aromatic heterocycles. The first kappa shape index (κ1) is 10.2. The molecule has 1 aromatic rings. The zero-order chi connectivity index (χ0) is 11.0. The molecule has 0 bridgehead atoms. The monoisotopic (exact) mass is 221 g/mol. The van der Waals surface area contributed by atoms with Crippen molar-refractivity contribution in [2.45, 2.75) is 43.9 Å². The van der Waals surface area contributed by atoms with Crippen LogP contribution in [0.1, 0.15) is 44.3 Å². The minimum Gasteiger partial charge on any atom is -0.329 e. The van der Waals surface area contributed by atoms with Gasteiger partial charge in [0.2, 0.25) is 0 Å². The number of aromatic amines is 1. The van der Waals surface area contributed by atoms with Gasteiger partial charge >= 0.3 is 0 Å². The van der Waals surface area contributed by atoms with Gasteiger partial charge in [-0.1, -0.05) is 25.7 Å². The molecule has 3 rings (SSSR count). The molecular formula is C11H19N5. The van der Waals surface area contributed by atoms with Crippen molar-refractivity contribution < 1.29 is 0 Å². The Morgan fingerprint density at radius 2 is 2.19 bits per heavy atom. The van der Waals surface area contributed by atoms with E-state index in [1.165, 1.54) is 32.1 Å². The molecule has 1 heterocycles. The summed E-state index contributed by atoms with van der Waals surface area (Å²) in [6.45, 7) is 0.668. The largest absolute Gasteiger partial charge is 0.329 e. The molecule has 0 saturated heterocycles. The number of hydrogen-bond donors (Lipinski definition) is 2. The molecule has 0 aliphatic heterocycles. The Balaban J connectivity index is 1.67. The van der Waals surface area contributed by atoms with Crippen molar-refractivity contribution in [3.63, 3.8) is 0 Å². The summed E-state index contributed by atoms with van der Waals surface area (Å²) in [5, 5.41) is 14.3. The number of aromatic nitrogens is 4. The molecule has 2 saturated carbocycles. The van der Waals surface area contributed by atoms with Crippen LogP contribution in [-0.4, -0.2) is 27.2 Å². The third kappa shape index (κ3) is 1.54. The Hall–Kier alpha value is -0.970. The summed E-state index contributed by atoms with van der Waals surface area (Å²) in [7, 11) is 0. The molecule has 2 atom stereocenters. The van der Waals surface area contributed by atoms with Crippen molar-refractivity contribution in [2.24, 2.45) is 17.6 Å². The molecule has 0 amide bonds. The molecule has 5 heteroatoms. The van der Waals surface area contributed by atoms with E-state index in [2.05, 4.69) is 20.6 Å². The fraction of sp³-hybridized carbons (Fsp3) is 0.909. The Morgan fingerprint density at radius 1 is 1.38 bits per heavy atom. The predicted molar refractivity (Wildman–Crippen MR) is 59.6 cm³/mol. The van der Waals surface area contributed by atoms with E-state index in [4.69, 9.17) is 5.73 Å². The molecule has 3 N–H and O–H groups in total. The second kappa shape index (κ2) is 3.80. The van der Waals surface area contributed by atoms with Crippen LogP contribution in [0.4, 0.5) is 0 Å². The van der Waals surface area contributed by atoms with Crippen molar-refractivity contribution >= 4 is 0 Å². The van der Waals surface area contributed by atoms with Gasteiger partial charge in [0, 0.05) is 12.0 Å². The lowest BCUT2D eigenvalue weighted by atomic mass is 9.94. The lowest BCUT2D eigenvalue weighted by Gasteiger charge is -2.13. The van der Waals surface area contributed by atoms with Crippen LogP contribution in [0.2, 0.25) is 0 Å². The van der Waals surface area contributed by atoms with Crippen LogP contribution in [0.3, 0.4) is 0 Å². The smallest absolute Gasteiger partial charge is 0.156 e. The van der Waals surface area contributed by atoms with Gasteiger partial charge < -0.3 is 5.73 Å². The summed E-state index contributed by atoms with van der Waals surface area (Å²) in [6.07, 6.45) is 8.13. The fourth-order valence-corrected chi connectivity index (χ4v) is 3.34. The molecule has 2 unspecified atom stereocenters. The molecule has 2 fully saturated rings. The maximum absolute atomic E-state index is 5.91. The van der Waals surface area contributed by atoms with Gasteiger partial charge in [-0.05, 0) is 35.1 Å². The molecule has 2 aliphatic carbocycles. The van der Waals surface area contributed by atoms with Crippen LogP contribution in [0.5, 0.6) is 0 Å². The van der Waals surface area contributed by atoms with Gasteiger partial charge in [-0.2, -0.15) is 0 Å². The zero-order valence-corrected chi connectivity index (χ0v) is 9.52. The number of tetrazole rings is 1. The standard InChI is InChI=1S/C11H19N5/c12-7-11(10-13-15-16-14-10)6-9(11)5-8-3-1-2-4-8/h8-9H,1-7,12H2,(H,13,14,15,16). The van der Waals surface area contributed by atoms with Gasteiger partial charge in [0.1, 0.15) is 0 Å². The van der Waals surface area contributed by atoms with Gasteiger partial charge in [0.05, 0.1) is 0 Å². The number of nitrogens with one attached hydrogen (secondary N) is 1. The van der Waals surface area contributed by atoms with Crippen LogP contribution in [0.15, 0.2) is 0 Å². The van der Waals surface area contributed by atoms with E-state index >= 15 is 0 Å². The van der Waals surface area contributed by atoms with Gasteiger partial charge in [0.25, 0.3) is 0 Å². The SMILES string of the molecule is NCC1(c2nnn[nH]2)CC1CC1CCCC1. The molecule has 0 radical (unpaired) electrons. The highest BCUT2D eigenvalue weighted by atomic mass is 15.5. The van der Waals surface area contributed by atoms with Crippen molar-refractivity contribution in [1.29, 1.82) is 0 Å². The highest BCUT2D eigenvalue weighted by Gasteiger charge is 2.57. The van der Waals surface area contributed by atoms with Gasteiger partial charge in [-0.25, -0.2) is 5.10 Å². The van der Waals surface area contributed by atoms with Gasteiger partial charge in [-0.3, -0.25) is 0 Å². The van der Waals surface area contributed by atoms with E-state index in [0.29, 0.717) is 12.5 Å². The van der Waals surface area contributed by atoms with Crippen LogP contribution in [0.25, 0.3) is 0 Å². The first-order valence-electron chi connectivity index (χ1n) is 6.29. The maximum Gasteiger partial charge on any atom is 0.156 e. The third-order valence-corrected chi connectivity index (χ3v) is 4.51.